The number of ketones is 1. The maximum Gasteiger partial charge on any atom is 0.310 e. The number of hydrogen-bond donors (Lipinski definition) is 1. The fourth-order valence-corrected chi connectivity index (χ4v) is 4.70. The molecule has 0 aliphatic carbocycles. The van der Waals surface area contributed by atoms with Gasteiger partial charge in [-0.15, -0.1) is 0 Å². The third kappa shape index (κ3) is 5.76. The predicted octanol–water partition coefficient (Wildman–Crippen LogP) is 5.51. The second kappa shape index (κ2) is 11.3. The van der Waals surface area contributed by atoms with E-state index >= 15 is 0 Å². The van der Waals surface area contributed by atoms with Crippen LogP contribution in [0.25, 0.3) is 5.76 Å². The molecular weight excluding hydrogens is 508 g/mol. The van der Waals surface area contributed by atoms with Crippen LogP contribution in [0.3, 0.4) is 0 Å². The molecule has 1 atom stereocenters. The van der Waals surface area contributed by atoms with E-state index in [0.29, 0.717) is 28.1 Å². The molecular formula is C32H34N2O6. The van der Waals surface area contributed by atoms with Crippen molar-refractivity contribution in [3.63, 3.8) is 0 Å². The highest BCUT2D eigenvalue weighted by atomic mass is 16.5. The van der Waals surface area contributed by atoms with Gasteiger partial charge >= 0.3 is 5.97 Å². The van der Waals surface area contributed by atoms with Crippen LogP contribution in [0.4, 0.5) is 5.69 Å². The molecule has 0 spiro atoms. The topological polar surface area (TPSA) is 106 Å². The number of carbonyl (C=O) groups is 3. The van der Waals surface area contributed by atoms with Gasteiger partial charge in [0.05, 0.1) is 36.8 Å². The molecule has 1 unspecified atom stereocenters. The number of hydrogen-bond acceptors (Lipinski definition) is 7. The van der Waals surface area contributed by atoms with Crippen molar-refractivity contribution in [2.45, 2.75) is 58.6 Å². The van der Waals surface area contributed by atoms with Gasteiger partial charge < -0.3 is 14.6 Å². The Morgan fingerprint density at radius 2 is 1.77 bits per heavy atom. The molecule has 40 heavy (non-hydrogen) atoms. The summed E-state index contributed by atoms with van der Waals surface area (Å²) in [6.45, 7) is 9.69. The first-order valence-electron chi connectivity index (χ1n) is 13.1. The Bertz CT molecular complexity index is 1450. The summed E-state index contributed by atoms with van der Waals surface area (Å²) in [4.78, 5) is 44.7. The van der Waals surface area contributed by atoms with Crippen LogP contribution in [0.15, 0.2) is 72.6 Å². The number of pyridine rings is 1. The Balaban J connectivity index is 1.84. The minimum absolute atomic E-state index is 0.0630. The second-order valence-corrected chi connectivity index (χ2v) is 11.0. The lowest BCUT2D eigenvalue weighted by Gasteiger charge is -2.26. The van der Waals surface area contributed by atoms with Gasteiger partial charge in [-0.3, -0.25) is 24.3 Å². The molecule has 1 aliphatic rings. The highest BCUT2D eigenvalue weighted by molar-refractivity contribution is 6.51. The summed E-state index contributed by atoms with van der Waals surface area (Å²) in [6.07, 6.45) is 3.01. The molecule has 1 aromatic heterocycles. The number of nitrogens with zero attached hydrogens (tertiary/aromatic N) is 2. The number of aliphatic hydroxyl groups excluding tert-OH is 1. The van der Waals surface area contributed by atoms with E-state index in [4.69, 9.17) is 9.47 Å². The summed E-state index contributed by atoms with van der Waals surface area (Å²) < 4.78 is 10.7. The summed E-state index contributed by atoms with van der Waals surface area (Å²) >= 11 is 0. The van der Waals surface area contributed by atoms with Gasteiger partial charge in [0, 0.05) is 18.1 Å². The van der Waals surface area contributed by atoms with E-state index in [-0.39, 0.29) is 35.2 Å². The lowest BCUT2D eigenvalue weighted by molar-refractivity contribution is -0.146. The van der Waals surface area contributed by atoms with E-state index in [1.54, 1.807) is 74.8 Å². The van der Waals surface area contributed by atoms with Crippen LogP contribution in [0.5, 0.6) is 5.75 Å². The van der Waals surface area contributed by atoms with E-state index in [0.717, 1.165) is 5.56 Å². The van der Waals surface area contributed by atoms with Gasteiger partial charge in [0.25, 0.3) is 11.7 Å². The van der Waals surface area contributed by atoms with Crippen LogP contribution in [0.2, 0.25) is 0 Å². The first-order valence-corrected chi connectivity index (χ1v) is 13.1. The summed E-state index contributed by atoms with van der Waals surface area (Å²) in [7, 11) is 1.48. The predicted molar refractivity (Wildman–Crippen MR) is 152 cm³/mol. The normalized spacial score (nSPS) is 16.9. The zero-order valence-corrected chi connectivity index (χ0v) is 23.6. The molecule has 208 valence electrons. The summed E-state index contributed by atoms with van der Waals surface area (Å²) in [5.74, 6) is -1.91. The highest BCUT2D eigenvalue weighted by Crippen LogP contribution is 2.43. The number of carbonyl (C=O) groups excluding carboxylic acids is 3. The standard InChI is InChI=1S/C32H34N2O6/c1-19(2)40-26(35)16-20-9-12-23(13-10-20)34-28(21-8-7-15-33-18-21)27(30(37)31(34)38)29(36)24-17-22(32(3,4)5)11-14-25(24)39-6/h7-15,17-19,28,36H,16H2,1-6H3/b29-27+. The summed E-state index contributed by atoms with van der Waals surface area (Å²) in [5.41, 5.74) is 2.64. The average Bonchev–Trinajstić information content (AvgIpc) is 3.18. The Labute approximate surface area is 234 Å². The van der Waals surface area contributed by atoms with Crippen molar-refractivity contribution in [2.24, 2.45) is 0 Å². The van der Waals surface area contributed by atoms with Crippen LogP contribution in [0, 0.1) is 0 Å². The van der Waals surface area contributed by atoms with Gasteiger partial charge in [-0.25, -0.2) is 0 Å². The minimum atomic E-state index is -0.937. The van der Waals surface area contributed by atoms with Gasteiger partial charge in [0.2, 0.25) is 0 Å². The molecule has 8 heteroatoms. The van der Waals surface area contributed by atoms with Crippen molar-refractivity contribution in [1.82, 2.24) is 4.98 Å². The summed E-state index contributed by atoms with van der Waals surface area (Å²) in [5, 5.41) is 11.7. The van der Waals surface area contributed by atoms with Crippen LogP contribution < -0.4 is 9.64 Å². The first-order chi connectivity index (χ1) is 18.9. The average molecular weight is 543 g/mol. The number of Topliss-reactive ketones (excluding diaryl/α,β-unsaturated/α-hetero) is 1. The molecule has 1 fully saturated rings. The molecule has 0 bridgehead atoms. The number of esters is 1. The van der Waals surface area contributed by atoms with E-state index in [1.807, 2.05) is 26.8 Å². The largest absolute Gasteiger partial charge is 0.507 e. The Morgan fingerprint density at radius 3 is 2.35 bits per heavy atom. The lowest BCUT2D eigenvalue weighted by Crippen LogP contribution is -2.29. The Morgan fingerprint density at radius 1 is 1.07 bits per heavy atom. The molecule has 1 amide bonds. The number of amides is 1. The fourth-order valence-electron chi connectivity index (χ4n) is 4.70. The molecule has 0 radical (unpaired) electrons. The smallest absolute Gasteiger partial charge is 0.310 e. The number of aromatic nitrogens is 1. The summed E-state index contributed by atoms with van der Waals surface area (Å²) in [6, 6.07) is 14.7. The van der Waals surface area contributed by atoms with Crippen molar-refractivity contribution >= 4 is 29.1 Å². The third-order valence-corrected chi connectivity index (χ3v) is 6.70. The van der Waals surface area contributed by atoms with Crippen molar-refractivity contribution in [1.29, 1.82) is 0 Å². The monoisotopic (exact) mass is 542 g/mol. The molecule has 2 heterocycles. The molecule has 1 saturated heterocycles. The molecule has 4 rings (SSSR count). The van der Waals surface area contributed by atoms with E-state index in [2.05, 4.69) is 4.98 Å². The molecule has 0 saturated carbocycles. The quantitative estimate of drug-likeness (QED) is 0.182. The van der Waals surface area contributed by atoms with Gasteiger partial charge in [-0.2, -0.15) is 0 Å². The number of methoxy groups -OCH3 is 1. The number of benzene rings is 2. The van der Waals surface area contributed by atoms with E-state index < -0.39 is 17.7 Å². The van der Waals surface area contributed by atoms with Crippen molar-refractivity contribution in [3.05, 3.63) is 94.8 Å². The van der Waals surface area contributed by atoms with Crippen LogP contribution in [-0.2, 0) is 31.0 Å². The van der Waals surface area contributed by atoms with Crippen molar-refractivity contribution < 1.29 is 29.0 Å². The first kappa shape index (κ1) is 28.5. The third-order valence-electron chi connectivity index (χ3n) is 6.70. The van der Waals surface area contributed by atoms with Gasteiger partial charge in [0.15, 0.2) is 0 Å². The zero-order valence-electron chi connectivity index (χ0n) is 23.6. The maximum atomic E-state index is 13.6. The van der Waals surface area contributed by atoms with Crippen molar-refractivity contribution in [3.8, 4) is 5.75 Å². The van der Waals surface area contributed by atoms with Gasteiger partial charge in [0.1, 0.15) is 11.5 Å². The second-order valence-electron chi connectivity index (χ2n) is 11.0. The SMILES string of the molecule is COc1ccc(C(C)(C)C)cc1/C(O)=C1\C(=O)C(=O)N(c2ccc(CC(=O)OC(C)C)cc2)C1c1cccnc1. The number of ether oxygens (including phenoxy) is 2. The zero-order chi connectivity index (χ0) is 29.2. The minimum Gasteiger partial charge on any atom is -0.507 e. The maximum absolute atomic E-state index is 13.6. The highest BCUT2D eigenvalue weighted by Gasteiger charge is 2.47. The Kier molecular flexibility index (Phi) is 8.09. The van der Waals surface area contributed by atoms with Crippen molar-refractivity contribution in [2.75, 3.05) is 12.0 Å². The van der Waals surface area contributed by atoms with E-state index in [1.165, 1.54) is 12.0 Å². The van der Waals surface area contributed by atoms with Crippen LogP contribution in [0.1, 0.15) is 62.9 Å². The van der Waals surface area contributed by atoms with Crippen LogP contribution in [-0.4, -0.2) is 41.0 Å². The molecule has 3 aromatic rings. The van der Waals surface area contributed by atoms with Gasteiger partial charge in [-0.05, 0) is 66.3 Å². The molecule has 2 aromatic carbocycles. The number of rotatable bonds is 7. The van der Waals surface area contributed by atoms with E-state index in [9.17, 15) is 19.5 Å². The fraction of sp³-hybridized carbons (Fsp3) is 0.312. The molecule has 1 N–H and O–H groups in total. The Hall–Kier alpha value is -4.46. The molecule has 1 aliphatic heterocycles. The van der Waals surface area contributed by atoms with Crippen LogP contribution >= 0.6 is 0 Å². The number of anilines is 1. The molecule has 8 nitrogen and oxygen atoms in total. The van der Waals surface area contributed by atoms with Gasteiger partial charge in [-0.1, -0.05) is 45.0 Å². The lowest BCUT2D eigenvalue weighted by atomic mass is 9.85. The number of aliphatic hydroxyl groups is 1.